The number of Topliss-reactive ketones (excluding diaryl/α,β-unsaturated/α-hetero) is 1. The van der Waals surface area contributed by atoms with Gasteiger partial charge in [-0.3, -0.25) is 9.59 Å². The first-order valence-corrected chi connectivity index (χ1v) is 9.10. The number of rotatable bonds is 3. The van der Waals surface area contributed by atoms with Crippen molar-refractivity contribution < 1.29 is 9.59 Å². The van der Waals surface area contributed by atoms with Crippen molar-refractivity contribution in [3.8, 4) is 0 Å². The molecule has 0 bridgehead atoms. The molecule has 3 aromatic rings. The molecule has 138 valence electrons. The smallest absolute Gasteiger partial charge is 0.257 e. The lowest BCUT2D eigenvalue weighted by atomic mass is 9.76. The largest absolute Gasteiger partial charge is 0.345 e. The van der Waals surface area contributed by atoms with E-state index in [1.54, 1.807) is 10.7 Å². The van der Waals surface area contributed by atoms with E-state index in [-0.39, 0.29) is 23.1 Å². The average molecular weight is 362 g/mol. The fourth-order valence-corrected chi connectivity index (χ4v) is 3.69. The number of aromatic nitrogens is 3. The summed E-state index contributed by atoms with van der Waals surface area (Å²) in [6.45, 7) is 6.08. The van der Waals surface area contributed by atoms with Crippen molar-refractivity contribution >= 4 is 17.3 Å². The van der Waals surface area contributed by atoms with Crippen LogP contribution < -0.4 is 5.32 Å². The van der Waals surface area contributed by atoms with Gasteiger partial charge in [0.1, 0.15) is 5.56 Å². The van der Waals surface area contributed by atoms with Crippen molar-refractivity contribution in [2.45, 2.75) is 39.7 Å². The second-order valence-electron chi connectivity index (χ2n) is 7.96. The lowest BCUT2D eigenvalue weighted by Gasteiger charge is -2.29. The Hall–Kier alpha value is -3.02. The zero-order valence-corrected chi connectivity index (χ0v) is 15.7. The molecule has 4 rings (SSSR count). The third-order valence-corrected chi connectivity index (χ3v) is 5.10. The number of hydrogen-bond acceptors (Lipinski definition) is 4. The number of fused-ring (bicyclic) bond motifs is 3. The molecule has 1 aliphatic rings. The number of amides is 1. The van der Waals surface area contributed by atoms with Gasteiger partial charge in [0.15, 0.2) is 11.4 Å². The Kier molecular flexibility index (Phi) is 4.06. The van der Waals surface area contributed by atoms with Crippen LogP contribution >= 0.6 is 0 Å². The Morgan fingerprint density at radius 2 is 1.93 bits per heavy atom. The van der Waals surface area contributed by atoms with Gasteiger partial charge in [-0.2, -0.15) is 5.10 Å². The van der Waals surface area contributed by atoms with Crippen molar-refractivity contribution in [3.05, 3.63) is 65.1 Å². The van der Waals surface area contributed by atoms with Crippen molar-refractivity contribution in [1.29, 1.82) is 0 Å². The summed E-state index contributed by atoms with van der Waals surface area (Å²) in [5.74, 6) is -0.148. The van der Waals surface area contributed by atoms with Crippen molar-refractivity contribution in [2.24, 2.45) is 5.41 Å². The predicted molar refractivity (Wildman–Crippen MR) is 102 cm³/mol. The maximum Gasteiger partial charge on any atom is 0.257 e. The number of carbonyl (C=O) groups excluding carboxylic acids is 2. The molecular weight excluding hydrogens is 340 g/mol. The fraction of sp³-hybridized carbons (Fsp3) is 0.333. The highest BCUT2D eigenvalue weighted by atomic mass is 16.1. The summed E-state index contributed by atoms with van der Waals surface area (Å²) in [6, 6.07) is 9.65. The maximum atomic E-state index is 12.8. The van der Waals surface area contributed by atoms with Crippen LogP contribution in [0.5, 0.6) is 0 Å². The Morgan fingerprint density at radius 3 is 2.67 bits per heavy atom. The van der Waals surface area contributed by atoms with E-state index in [4.69, 9.17) is 0 Å². The molecule has 1 N–H and O–H groups in total. The second-order valence-corrected chi connectivity index (χ2v) is 7.96. The first kappa shape index (κ1) is 17.4. The van der Waals surface area contributed by atoms with Gasteiger partial charge in [-0.05, 0) is 24.3 Å². The number of nitrogens with one attached hydrogen (secondary N) is 1. The van der Waals surface area contributed by atoms with Crippen LogP contribution in [-0.4, -0.2) is 26.3 Å². The van der Waals surface area contributed by atoms with Gasteiger partial charge in [0.25, 0.3) is 5.91 Å². The van der Waals surface area contributed by atoms with Gasteiger partial charge in [-0.25, -0.2) is 9.50 Å². The van der Waals surface area contributed by atoms with Gasteiger partial charge in [0.2, 0.25) is 0 Å². The molecule has 0 fully saturated rings. The molecule has 27 heavy (non-hydrogen) atoms. The maximum absolute atomic E-state index is 12.8. The van der Waals surface area contributed by atoms with Gasteiger partial charge in [-0.15, -0.1) is 0 Å². The molecule has 1 amide bonds. The summed E-state index contributed by atoms with van der Waals surface area (Å²) < 4.78 is 1.65. The molecule has 0 saturated carbocycles. The van der Waals surface area contributed by atoms with Crippen LogP contribution in [-0.2, 0) is 6.42 Å². The molecule has 2 aromatic heterocycles. The quantitative estimate of drug-likeness (QED) is 0.775. The monoisotopic (exact) mass is 362 g/mol. The molecule has 0 saturated heterocycles. The zero-order chi connectivity index (χ0) is 19.2. The van der Waals surface area contributed by atoms with Gasteiger partial charge in [-0.1, -0.05) is 44.2 Å². The van der Waals surface area contributed by atoms with Gasteiger partial charge < -0.3 is 5.32 Å². The molecule has 0 spiro atoms. The molecule has 1 atom stereocenters. The molecule has 0 aliphatic heterocycles. The van der Waals surface area contributed by atoms with Crippen LogP contribution in [0, 0.1) is 5.41 Å². The molecule has 2 heterocycles. The summed E-state index contributed by atoms with van der Waals surface area (Å²) in [5, 5.41) is 7.37. The van der Waals surface area contributed by atoms with Crippen molar-refractivity contribution in [2.75, 3.05) is 0 Å². The van der Waals surface area contributed by atoms with Gasteiger partial charge in [0.05, 0.1) is 23.5 Å². The summed E-state index contributed by atoms with van der Waals surface area (Å²) in [5.41, 5.74) is 3.23. The molecule has 0 radical (unpaired) electrons. The average Bonchev–Trinajstić information content (AvgIpc) is 3.06. The van der Waals surface area contributed by atoms with E-state index in [9.17, 15) is 9.59 Å². The normalized spacial score (nSPS) is 16.8. The summed E-state index contributed by atoms with van der Waals surface area (Å²) in [4.78, 5) is 29.6. The Bertz CT molecular complexity index is 1040. The van der Waals surface area contributed by atoms with E-state index < -0.39 is 0 Å². The lowest BCUT2D eigenvalue weighted by Crippen LogP contribution is -2.30. The number of ketones is 1. The summed E-state index contributed by atoms with van der Waals surface area (Å²) in [7, 11) is 0. The van der Waals surface area contributed by atoms with Crippen LogP contribution in [0.3, 0.4) is 0 Å². The third kappa shape index (κ3) is 3.12. The molecule has 6 nitrogen and oxygen atoms in total. The van der Waals surface area contributed by atoms with Crippen LogP contribution in [0.15, 0.2) is 42.7 Å². The highest BCUT2D eigenvalue weighted by molar-refractivity contribution is 6.01. The highest BCUT2D eigenvalue weighted by Gasteiger charge is 2.33. The number of benzene rings is 1. The minimum Gasteiger partial charge on any atom is -0.345 e. The van der Waals surface area contributed by atoms with Crippen LogP contribution in [0.1, 0.15) is 65.2 Å². The van der Waals surface area contributed by atoms with E-state index in [1.165, 1.54) is 6.20 Å². The zero-order valence-electron chi connectivity index (χ0n) is 15.7. The summed E-state index contributed by atoms with van der Waals surface area (Å²) in [6.07, 6.45) is 4.33. The highest BCUT2D eigenvalue weighted by Crippen LogP contribution is 2.34. The van der Waals surface area contributed by atoms with Crippen LogP contribution in [0.4, 0.5) is 0 Å². The van der Waals surface area contributed by atoms with Gasteiger partial charge in [0, 0.05) is 12.6 Å². The number of hydrogen-bond donors (Lipinski definition) is 1. The van der Waals surface area contributed by atoms with Crippen LogP contribution in [0.25, 0.3) is 5.65 Å². The molecule has 1 aliphatic carbocycles. The molecule has 1 aromatic carbocycles. The van der Waals surface area contributed by atoms with Crippen LogP contribution in [0.2, 0.25) is 0 Å². The Balaban J connectivity index is 1.68. The molecular formula is C21H22N4O2. The fourth-order valence-electron chi connectivity index (χ4n) is 3.69. The second kappa shape index (κ2) is 6.30. The topological polar surface area (TPSA) is 76.4 Å². The first-order chi connectivity index (χ1) is 12.9. The SMILES string of the molecule is CC(NC(=O)c1cnn2c3c(cnc12)C(=O)CC(C)(C)C3)c1ccccc1. The van der Waals surface area contributed by atoms with Crippen molar-refractivity contribution in [3.63, 3.8) is 0 Å². The van der Waals surface area contributed by atoms with Crippen molar-refractivity contribution in [1.82, 2.24) is 19.9 Å². The van der Waals surface area contributed by atoms with E-state index in [1.807, 2.05) is 37.3 Å². The number of carbonyl (C=O) groups is 2. The Labute approximate surface area is 157 Å². The standard InChI is InChI=1S/C21H22N4O2/c1-13(14-7-5-4-6-8-14)24-20(27)16-12-23-25-17-9-21(2,3)10-18(26)15(17)11-22-19(16)25/h4-8,11-13H,9-10H2,1-3H3,(H,24,27). The van der Waals surface area contributed by atoms with E-state index in [0.717, 1.165) is 17.7 Å². The lowest BCUT2D eigenvalue weighted by molar-refractivity contribution is 0.0907. The molecule has 6 heteroatoms. The predicted octanol–water partition coefficient (Wildman–Crippen LogP) is 3.38. The third-order valence-electron chi connectivity index (χ3n) is 5.10. The van der Waals surface area contributed by atoms with E-state index in [2.05, 4.69) is 29.2 Å². The molecule has 1 unspecified atom stereocenters. The minimum atomic E-state index is -0.227. The number of nitrogens with zero attached hydrogens (tertiary/aromatic N) is 3. The van der Waals surface area contributed by atoms with E-state index in [0.29, 0.717) is 23.2 Å². The first-order valence-electron chi connectivity index (χ1n) is 9.10. The van der Waals surface area contributed by atoms with Gasteiger partial charge >= 0.3 is 0 Å². The minimum absolute atomic E-state index is 0.0786. The Morgan fingerprint density at radius 1 is 1.19 bits per heavy atom. The van der Waals surface area contributed by atoms with E-state index >= 15 is 0 Å². The summed E-state index contributed by atoms with van der Waals surface area (Å²) >= 11 is 0.